The number of sulfone groups is 1. The van der Waals surface area contributed by atoms with Gasteiger partial charge in [-0.25, -0.2) is 8.42 Å². The molecule has 0 bridgehead atoms. The largest absolute Gasteiger partial charge is 0.491 e. The minimum atomic E-state index is -3.55. The Morgan fingerprint density at radius 3 is 2.70 bits per heavy atom. The molecule has 0 aliphatic heterocycles. The van der Waals surface area contributed by atoms with Crippen molar-refractivity contribution in [3.8, 4) is 5.75 Å². The van der Waals surface area contributed by atoms with Gasteiger partial charge in [0.25, 0.3) is 0 Å². The van der Waals surface area contributed by atoms with Gasteiger partial charge in [0.15, 0.2) is 0 Å². The number of rotatable bonds is 8. The number of ether oxygens (including phenoxy) is 1. The van der Waals surface area contributed by atoms with Crippen LogP contribution in [0.3, 0.4) is 0 Å². The normalized spacial score (nSPS) is 11.7. The highest BCUT2D eigenvalue weighted by Gasteiger charge is 2.23. The van der Waals surface area contributed by atoms with E-state index in [4.69, 9.17) is 4.74 Å². The third-order valence-electron chi connectivity index (χ3n) is 2.88. The van der Waals surface area contributed by atoms with Crippen molar-refractivity contribution in [1.82, 2.24) is 10.2 Å². The highest BCUT2D eigenvalue weighted by Crippen LogP contribution is 2.27. The van der Waals surface area contributed by atoms with Gasteiger partial charge in [-0.2, -0.15) is 0 Å². The van der Waals surface area contributed by atoms with Crippen molar-refractivity contribution in [3.05, 3.63) is 29.8 Å². The fourth-order valence-electron chi connectivity index (χ4n) is 1.90. The van der Waals surface area contributed by atoms with Crippen LogP contribution in [0.25, 0.3) is 0 Å². The Morgan fingerprint density at radius 2 is 2.00 bits per heavy atom. The van der Waals surface area contributed by atoms with Crippen molar-refractivity contribution in [1.29, 1.82) is 0 Å². The fourth-order valence-corrected chi connectivity index (χ4v) is 4.26. The molecule has 126 valence electrons. The van der Waals surface area contributed by atoms with Crippen LogP contribution in [0.15, 0.2) is 28.6 Å². The second kappa shape index (κ2) is 7.74. The molecule has 1 heterocycles. The molecule has 1 aromatic carbocycles. The molecule has 0 unspecified atom stereocenters. The number of nitrogens with one attached hydrogen (secondary N) is 1. The van der Waals surface area contributed by atoms with E-state index in [1.165, 1.54) is 0 Å². The number of nitrogens with zero attached hydrogens (tertiary/aromatic N) is 2. The third kappa shape index (κ3) is 4.90. The first-order chi connectivity index (χ1) is 10.9. The molecule has 0 aliphatic rings. The van der Waals surface area contributed by atoms with Crippen LogP contribution in [-0.4, -0.2) is 31.3 Å². The van der Waals surface area contributed by atoms with Crippen molar-refractivity contribution < 1.29 is 13.2 Å². The van der Waals surface area contributed by atoms with Gasteiger partial charge < -0.3 is 10.1 Å². The summed E-state index contributed by atoms with van der Waals surface area (Å²) in [5.41, 5.74) is 0.625. The summed E-state index contributed by atoms with van der Waals surface area (Å²) in [6, 6.07) is 7.16. The lowest BCUT2D eigenvalue weighted by atomic mass is 10.2. The lowest BCUT2D eigenvalue weighted by Gasteiger charge is -2.13. The van der Waals surface area contributed by atoms with Crippen LogP contribution in [0.5, 0.6) is 5.75 Å². The molecule has 0 amide bonds. The minimum Gasteiger partial charge on any atom is -0.491 e. The van der Waals surface area contributed by atoms with Gasteiger partial charge in [0.1, 0.15) is 5.75 Å². The highest BCUT2D eigenvalue weighted by molar-refractivity contribution is 7.92. The second-order valence-electron chi connectivity index (χ2n) is 5.33. The smallest absolute Gasteiger partial charge is 0.234 e. The maximum Gasteiger partial charge on any atom is 0.234 e. The molecule has 6 nitrogen and oxygen atoms in total. The molecular weight excluding hydrogens is 334 g/mol. The number of hydrogen-bond acceptors (Lipinski definition) is 7. The molecular formula is C15H21N3O3S2. The maximum absolute atomic E-state index is 12.6. The van der Waals surface area contributed by atoms with Crippen molar-refractivity contribution in [2.24, 2.45) is 0 Å². The monoisotopic (exact) mass is 355 g/mol. The lowest BCUT2D eigenvalue weighted by molar-refractivity contribution is 0.240. The summed E-state index contributed by atoms with van der Waals surface area (Å²) >= 11 is 1.06. The van der Waals surface area contributed by atoms with Gasteiger partial charge in [0.05, 0.1) is 11.9 Å². The zero-order chi connectivity index (χ0) is 16.9. The molecule has 0 atom stereocenters. The van der Waals surface area contributed by atoms with Crippen molar-refractivity contribution >= 4 is 26.3 Å². The predicted molar refractivity (Wildman–Crippen MR) is 91.8 cm³/mol. The minimum absolute atomic E-state index is 0.0229. The molecule has 2 rings (SSSR count). The Balaban J connectivity index is 2.20. The summed E-state index contributed by atoms with van der Waals surface area (Å²) in [5.74, 6) is 0.429. The van der Waals surface area contributed by atoms with E-state index in [9.17, 15) is 8.42 Å². The average molecular weight is 355 g/mol. The molecule has 0 aliphatic carbocycles. The van der Waals surface area contributed by atoms with E-state index in [1.807, 2.05) is 26.8 Å². The van der Waals surface area contributed by atoms with E-state index < -0.39 is 9.84 Å². The molecule has 0 spiro atoms. The van der Waals surface area contributed by atoms with Crippen molar-refractivity contribution in [3.63, 3.8) is 0 Å². The summed E-state index contributed by atoms with van der Waals surface area (Å²) in [6.07, 6.45) is 0.909. The first-order valence-electron chi connectivity index (χ1n) is 7.47. The summed E-state index contributed by atoms with van der Waals surface area (Å²) < 4.78 is 30.8. The molecule has 0 radical (unpaired) electrons. The van der Waals surface area contributed by atoms with E-state index >= 15 is 0 Å². The van der Waals surface area contributed by atoms with E-state index in [0.717, 1.165) is 24.3 Å². The van der Waals surface area contributed by atoms with Gasteiger partial charge in [-0.3, -0.25) is 0 Å². The second-order valence-corrected chi connectivity index (χ2v) is 8.47. The number of benzene rings is 1. The molecule has 23 heavy (non-hydrogen) atoms. The molecule has 8 heteroatoms. The first-order valence-corrected chi connectivity index (χ1v) is 9.94. The molecule has 1 aromatic heterocycles. The van der Waals surface area contributed by atoms with Crippen LogP contribution in [-0.2, 0) is 15.6 Å². The summed E-state index contributed by atoms with van der Waals surface area (Å²) in [7, 11) is -3.55. The van der Waals surface area contributed by atoms with Gasteiger partial charge in [-0.05, 0) is 26.3 Å². The SMILES string of the molecule is CCCNc1nnc(S(=O)(=O)Cc2ccccc2OC(C)C)s1. The van der Waals surface area contributed by atoms with Gasteiger partial charge >= 0.3 is 0 Å². The number of hydrogen-bond donors (Lipinski definition) is 1. The van der Waals surface area contributed by atoms with Crippen LogP contribution >= 0.6 is 11.3 Å². The zero-order valence-electron chi connectivity index (χ0n) is 13.4. The Morgan fingerprint density at radius 1 is 1.26 bits per heavy atom. The Labute approximate surface area is 140 Å². The average Bonchev–Trinajstić information content (AvgIpc) is 2.96. The molecule has 2 aromatic rings. The van der Waals surface area contributed by atoms with Crippen LogP contribution in [0, 0.1) is 0 Å². The highest BCUT2D eigenvalue weighted by atomic mass is 32.2. The fraction of sp³-hybridized carbons (Fsp3) is 0.467. The zero-order valence-corrected chi connectivity index (χ0v) is 15.1. The standard InChI is InChI=1S/C15H21N3O3S2/c1-4-9-16-14-17-18-15(22-14)23(19,20)10-12-7-5-6-8-13(12)21-11(2)3/h5-8,11H,4,9-10H2,1-3H3,(H,16,17). The van der Waals surface area contributed by atoms with Crippen molar-refractivity contribution in [2.45, 2.75) is 43.4 Å². The predicted octanol–water partition coefficient (Wildman–Crippen LogP) is 3.12. The van der Waals surface area contributed by atoms with Crippen LogP contribution in [0.2, 0.25) is 0 Å². The van der Waals surface area contributed by atoms with E-state index in [2.05, 4.69) is 15.5 Å². The molecule has 1 N–H and O–H groups in total. The summed E-state index contributed by atoms with van der Waals surface area (Å²) in [6.45, 7) is 6.57. The first kappa shape index (κ1) is 17.7. The van der Waals surface area contributed by atoms with E-state index in [1.54, 1.807) is 18.2 Å². The van der Waals surface area contributed by atoms with E-state index in [-0.39, 0.29) is 16.2 Å². The summed E-state index contributed by atoms with van der Waals surface area (Å²) in [4.78, 5) is 0. The van der Waals surface area contributed by atoms with Crippen molar-refractivity contribution in [2.75, 3.05) is 11.9 Å². The number of anilines is 1. The molecule has 0 saturated carbocycles. The van der Waals surface area contributed by atoms with E-state index in [0.29, 0.717) is 16.4 Å². The van der Waals surface area contributed by atoms with Gasteiger partial charge in [-0.1, -0.05) is 36.5 Å². The Kier molecular flexibility index (Phi) is 5.95. The van der Waals surface area contributed by atoms with Crippen LogP contribution < -0.4 is 10.1 Å². The lowest BCUT2D eigenvalue weighted by Crippen LogP contribution is -2.10. The van der Waals surface area contributed by atoms with Crippen LogP contribution in [0.1, 0.15) is 32.8 Å². The quantitative estimate of drug-likeness (QED) is 0.783. The maximum atomic E-state index is 12.6. The van der Waals surface area contributed by atoms with Crippen LogP contribution in [0.4, 0.5) is 5.13 Å². The molecule has 0 fully saturated rings. The summed E-state index contributed by atoms with van der Waals surface area (Å²) in [5, 5.41) is 11.3. The topological polar surface area (TPSA) is 81.2 Å². The molecule has 0 saturated heterocycles. The van der Waals surface area contributed by atoms with Gasteiger partial charge in [0.2, 0.25) is 19.3 Å². The van der Waals surface area contributed by atoms with Gasteiger partial charge in [0, 0.05) is 12.1 Å². The number of aromatic nitrogens is 2. The van der Waals surface area contributed by atoms with Gasteiger partial charge in [-0.15, -0.1) is 10.2 Å². The number of para-hydroxylation sites is 1. The Hall–Kier alpha value is -1.67. The Bertz CT molecular complexity index is 742. The third-order valence-corrected chi connectivity index (χ3v) is 5.87.